The topological polar surface area (TPSA) is 83.1 Å². The highest BCUT2D eigenvalue weighted by atomic mass is 16.7. The standard InChI is InChI=1S/C24H21NO6/c1-28-20-7-6-18-10-16(2-5-19(18)12-20)4-9-24(27)29-14-23(26)25-13-17-3-8-21-22(11-17)31-15-30-21/h2-12H,13-15H2,1H3,(H,25,26)/b9-4+. The lowest BCUT2D eigenvalue weighted by atomic mass is 10.1. The van der Waals surface area contributed by atoms with E-state index in [1.807, 2.05) is 42.5 Å². The third-order valence-electron chi connectivity index (χ3n) is 4.76. The molecule has 158 valence electrons. The van der Waals surface area contributed by atoms with E-state index in [0.29, 0.717) is 18.0 Å². The normalized spacial score (nSPS) is 12.2. The van der Waals surface area contributed by atoms with Gasteiger partial charge in [-0.05, 0) is 58.3 Å². The Balaban J connectivity index is 1.25. The molecule has 3 aromatic carbocycles. The third kappa shape index (κ3) is 5.14. The van der Waals surface area contributed by atoms with Crippen molar-refractivity contribution >= 4 is 28.7 Å². The SMILES string of the molecule is COc1ccc2cc(/C=C/C(=O)OCC(=O)NCc3ccc4c(c3)OCO4)ccc2c1. The highest BCUT2D eigenvalue weighted by Crippen LogP contribution is 2.32. The minimum atomic E-state index is -0.590. The molecule has 1 N–H and O–H groups in total. The van der Waals surface area contributed by atoms with E-state index in [1.54, 1.807) is 25.3 Å². The average molecular weight is 419 g/mol. The number of ether oxygens (including phenoxy) is 4. The van der Waals surface area contributed by atoms with Gasteiger partial charge >= 0.3 is 5.97 Å². The second-order valence-electron chi connectivity index (χ2n) is 6.88. The molecule has 1 heterocycles. The van der Waals surface area contributed by atoms with Crippen molar-refractivity contribution in [2.45, 2.75) is 6.54 Å². The van der Waals surface area contributed by atoms with Gasteiger partial charge in [-0.2, -0.15) is 0 Å². The molecule has 31 heavy (non-hydrogen) atoms. The molecule has 0 radical (unpaired) electrons. The Morgan fingerprint density at radius 1 is 1.00 bits per heavy atom. The number of carbonyl (C=O) groups excluding carboxylic acids is 2. The van der Waals surface area contributed by atoms with Gasteiger partial charge in [0.1, 0.15) is 5.75 Å². The Kier molecular flexibility index (Phi) is 6.03. The zero-order chi connectivity index (χ0) is 21.6. The van der Waals surface area contributed by atoms with Crippen molar-refractivity contribution < 1.29 is 28.5 Å². The molecule has 0 bridgehead atoms. The van der Waals surface area contributed by atoms with Gasteiger partial charge in [-0.1, -0.05) is 24.3 Å². The third-order valence-corrected chi connectivity index (χ3v) is 4.76. The summed E-state index contributed by atoms with van der Waals surface area (Å²) in [5.41, 5.74) is 1.71. The maximum absolute atomic E-state index is 11.9. The first kappa shape index (κ1) is 20.3. The summed E-state index contributed by atoms with van der Waals surface area (Å²) in [6, 6.07) is 17.0. The van der Waals surface area contributed by atoms with Gasteiger partial charge in [-0.15, -0.1) is 0 Å². The zero-order valence-electron chi connectivity index (χ0n) is 16.9. The number of fused-ring (bicyclic) bond motifs is 2. The van der Waals surface area contributed by atoms with Crippen LogP contribution < -0.4 is 19.5 Å². The maximum atomic E-state index is 11.9. The Bertz CT molecular complexity index is 1150. The number of esters is 1. The molecule has 0 aromatic heterocycles. The minimum absolute atomic E-state index is 0.197. The lowest BCUT2D eigenvalue weighted by Gasteiger charge is -2.06. The summed E-state index contributed by atoms with van der Waals surface area (Å²) < 4.78 is 20.8. The number of methoxy groups -OCH3 is 1. The van der Waals surface area contributed by atoms with Crippen LogP contribution in [0.4, 0.5) is 0 Å². The van der Waals surface area contributed by atoms with Crippen molar-refractivity contribution in [2.24, 2.45) is 0 Å². The van der Waals surface area contributed by atoms with Crippen LogP contribution in [0.2, 0.25) is 0 Å². The number of nitrogens with one attached hydrogen (secondary N) is 1. The van der Waals surface area contributed by atoms with Crippen LogP contribution >= 0.6 is 0 Å². The summed E-state index contributed by atoms with van der Waals surface area (Å²) in [6.45, 7) is 0.137. The Hall–Kier alpha value is -4.00. The van der Waals surface area contributed by atoms with Crippen molar-refractivity contribution in [1.29, 1.82) is 0 Å². The smallest absolute Gasteiger partial charge is 0.331 e. The van der Waals surface area contributed by atoms with Crippen LogP contribution in [0.25, 0.3) is 16.8 Å². The van der Waals surface area contributed by atoms with E-state index < -0.39 is 5.97 Å². The molecular formula is C24H21NO6. The molecule has 0 aliphatic carbocycles. The number of carbonyl (C=O) groups is 2. The number of rotatable bonds is 7. The Labute approximate surface area is 179 Å². The summed E-state index contributed by atoms with van der Waals surface area (Å²) in [7, 11) is 1.63. The van der Waals surface area contributed by atoms with Gasteiger partial charge < -0.3 is 24.3 Å². The predicted octanol–water partition coefficient (Wildman–Crippen LogP) is 3.45. The molecular weight excluding hydrogens is 398 g/mol. The molecule has 1 aliphatic rings. The summed E-state index contributed by atoms with van der Waals surface area (Å²) in [5.74, 6) is 1.14. The minimum Gasteiger partial charge on any atom is -0.497 e. The second-order valence-corrected chi connectivity index (χ2v) is 6.88. The van der Waals surface area contributed by atoms with Crippen molar-refractivity contribution in [3.05, 3.63) is 71.8 Å². The first-order valence-corrected chi connectivity index (χ1v) is 9.68. The van der Waals surface area contributed by atoms with Gasteiger partial charge in [0.25, 0.3) is 5.91 Å². The van der Waals surface area contributed by atoms with Crippen molar-refractivity contribution in [3.8, 4) is 17.2 Å². The summed E-state index contributed by atoms with van der Waals surface area (Å²) in [5, 5.41) is 4.77. The van der Waals surface area contributed by atoms with Crippen LogP contribution in [0.3, 0.4) is 0 Å². The molecule has 3 aromatic rings. The van der Waals surface area contributed by atoms with Gasteiger partial charge in [-0.25, -0.2) is 4.79 Å². The molecule has 1 amide bonds. The molecule has 0 saturated carbocycles. The van der Waals surface area contributed by atoms with Gasteiger partial charge in [0.15, 0.2) is 18.1 Å². The molecule has 1 aliphatic heterocycles. The highest BCUT2D eigenvalue weighted by Gasteiger charge is 2.13. The molecule has 7 nitrogen and oxygen atoms in total. The average Bonchev–Trinajstić information content (AvgIpc) is 3.27. The van der Waals surface area contributed by atoms with Crippen LogP contribution in [-0.4, -0.2) is 32.4 Å². The maximum Gasteiger partial charge on any atom is 0.331 e. The molecule has 0 spiro atoms. The number of benzene rings is 3. The van der Waals surface area contributed by atoms with E-state index in [4.69, 9.17) is 18.9 Å². The van der Waals surface area contributed by atoms with Gasteiger partial charge in [-0.3, -0.25) is 4.79 Å². The Morgan fingerprint density at radius 3 is 2.68 bits per heavy atom. The lowest BCUT2D eigenvalue weighted by molar-refractivity contribution is -0.143. The zero-order valence-corrected chi connectivity index (χ0v) is 16.9. The van der Waals surface area contributed by atoms with Crippen molar-refractivity contribution in [3.63, 3.8) is 0 Å². The molecule has 4 rings (SSSR count). The quantitative estimate of drug-likeness (QED) is 0.467. The molecule has 0 atom stereocenters. The van der Waals surface area contributed by atoms with Crippen LogP contribution in [0.1, 0.15) is 11.1 Å². The van der Waals surface area contributed by atoms with E-state index >= 15 is 0 Å². The van der Waals surface area contributed by atoms with Crippen LogP contribution in [0, 0.1) is 0 Å². The van der Waals surface area contributed by atoms with Gasteiger partial charge in [0.05, 0.1) is 7.11 Å². The van der Waals surface area contributed by atoms with E-state index in [2.05, 4.69) is 5.32 Å². The van der Waals surface area contributed by atoms with Gasteiger partial charge in [0, 0.05) is 12.6 Å². The second kappa shape index (κ2) is 9.21. The van der Waals surface area contributed by atoms with E-state index in [9.17, 15) is 9.59 Å². The van der Waals surface area contributed by atoms with Crippen molar-refractivity contribution in [1.82, 2.24) is 5.32 Å². The predicted molar refractivity (Wildman–Crippen MR) is 115 cm³/mol. The molecule has 7 heteroatoms. The first-order valence-electron chi connectivity index (χ1n) is 9.68. The summed E-state index contributed by atoms with van der Waals surface area (Å²) in [4.78, 5) is 23.9. The van der Waals surface area contributed by atoms with E-state index in [1.165, 1.54) is 6.08 Å². The highest BCUT2D eigenvalue weighted by molar-refractivity contribution is 5.91. The van der Waals surface area contributed by atoms with E-state index in [-0.39, 0.29) is 19.3 Å². The molecule has 0 saturated heterocycles. The summed E-state index contributed by atoms with van der Waals surface area (Å²) >= 11 is 0. The fraction of sp³-hybridized carbons (Fsp3) is 0.167. The fourth-order valence-electron chi connectivity index (χ4n) is 3.12. The van der Waals surface area contributed by atoms with Gasteiger partial charge in [0.2, 0.25) is 6.79 Å². The largest absolute Gasteiger partial charge is 0.497 e. The van der Waals surface area contributed by atoms with Crippen LogP contribution in [0.15, 0.2) is 60.7 Å². The molecule has 0 unspecified atom stereocenters. The number of hydrogen-bond acceptors (Lipinski definition) is 6. The van der Waals surface area contributed by atoms with Crippen LogP contribution in [0.5, 0.6) is 17.2 Å². The first-order chi connectivity index (χ1) is 15.1. The fourth-order valence-corrected chi connectivity index (χ4v) is 3.12. The summed E-state index contributed by atoms with van der Waals surface area (Å²) in [6.07, 6.45) is 2.95. The number of hydrogen-bond donors (Lipinski definition) is 1. The lowest BCUT2D eigenvalue weighted by Crippen LogP contribution is -2.28. The monoisotopic (exact) mass is 419 g/mol. The van der Waals surface area contributed by atoms with Crippen molar-refractivity contribution in [2.75, 3.05) is 20.5 Å². The number of amides is 1. The molecule has 0 fully saturated rings. The van der Waals surface area contributed by atoms with E-state index in [0.717, 1.165) is 27.6 Å². The Morgan fingerprint density at radius 2 is 1.81 bits per heavy atom. The van der Waals surface area contributed by atoms with Crippen LogP contribution in [-0.2, 0) is 20.9 Å².